The van der Waals surface area contributed by atoms with Crippen LogP contribution in [0.5, 0.6) is 0 Å². The van der Waals surface area contributed by atoms with E-state index < -0.39 is 0 Å². The third kappa shape index (κ3) is 2.48. The highest BCUT2D eigenvalue weighted by Crippen LogP contribution is 2.25. The van der Waals surface area contributed by atoms with Crippen molar-refractivity contribution in [1.82, 2.24) is 10.2 Å². The van der Waals surface area contributed by atoms with Crippen LogP contribution in [0.2, 0.25) is 0 Å². The molecule has 1 unspecified atom stereocenters. The predicted molar refractivity (Wildman–Crippen MR) is 45.6 cm³/mol. The molecular weight excluding hydrogens is 178 g/mol. The maximum Gasteiger partial charge on any atom is 0.175 e. The SMILES string of the molecule is Cc1nnc(SC(C)C#N)s1. The molecule has 11 heavy (non-hydrogen) atoms. The number of nitrogens with zero attached hydrogens (tertiary/aromatic N) is 3. The fourth-order valence-corrected chi connectivity index (χ4v) is 2.35. The van der Waals surface area contributed by atoms with Gasteiger partial charge >= 0.3 is 0 Å². The van der Waals surface area contributed by atoms with Gasteiger partial charge in [-0.3, -0.25) is 0 Å². The van der Waals surface area contributed by atoms with Gasteiger partial charge in [0, 0.05) is 0 Å². The molecule has 0 radical (unpaired) electrons. The summed E-state index contributed by atoms with van der Waals surface area (Å²) in [4.78, 5) is 0. The summed E-state index contributed by atoms with van der Waals surface area (Å²) >= 11 is 2.97. The lowest BCUT2D eigenvalue weighted by Crippen LogP contribution is -1.88. The number of aromatic nitrogens is 2. The number of hydrogen-bond donors (Lipinski definition) is 0. The Bertz CT molecular complexity index is 276. The molecule has 1 heterocycles. The lowest BCUT2D eigenvalue weighted by atomic mass is 10.5. The molecule has 0 N–H and O–H groups in total. The lowest BCUT2D eigenvalue weighted by Gasteiger charge is -1.93. The average molecular weight is 185 g/mol. The van der Waals surface area contributed by atoms with E-state index in [4.69, 9.17) is 5.26 Å². The first kappa shape index (κ1) is 8.50. The van der Waals surface area contributed by atoms with Gasteiger partial charge in [0.2, 0.25) is 0 Å². The Labute approximate surface area is 73.5 Å². The standard InChI is InChI=1S/C6H7N3S2/c1-4(3-7)10-6-9-8-5(2)11-6/h4H,1-2H3. The number of thioether (sulfide) groups is 1. The van der Waals surface area contributed by atoms with Crippen LogP contribution in [0, 0.1) is 18.3 Å². The highest BCUT2D eigenvalue weighted by atomic mass is 32.2. The molecule has 3 nitrogen and oxygen atoms in total. The van der Waals surface area contributed by atoms with E-state index in [2.05, 4.69) is 16.3 Å². The van der Waals surface area contributed by atoms with Crippen LogP contribution in [0.15, 0.2) is 4.34 Å². The van der Waals surface area contributed by atoms with Gasteiger partial charge < -0.3 is 0 Å². The zero-order valence-corrected chi connectivity index (χ0v) is 7.87. The van der Waals surface area contributed by atoms with Crippen molar-refractivity contribution in [3.05, 3.63) is 5.01 Å². The molecule has 0 aromatic carbocycles. The third-order valence-corrected chi connectivity index (χ3v) is 2.88. The first-order valence-electron chi connectivity index (χ1n) is 3.08. The predicted octanol–water partition coefficient (Wildman–Crippen LogP) is 1.85. The second-order valence-electron chi connectivity index (χ2n) is 1.98. The van der Waals surface area contributed by atoms with E-state index in [0.717, 1.165) is 9.35 Å². The normalized spacial score (nSPS) is 12.5. The first-order chi connectivity index (χ1) is 5.22. The minimum Gasteiger partial charge on any atom is -0.197 e. The minimum absolute atomic E-state index is 0.0395. The molecule has 0 aliphatic carbocycles. The van der Waals surface area contributed by atoms with E-state index in [0.29, 0.717) is 0 Å². The molecule has 0 amide bonds. The van der Waals surface area contributed by atoms with Gasteiger partial charge in [0.05, 0.1) is 11.3 Å². The fraction of sp³-hybridized carbons (Fsp3) is 0.500. The molecule has 0 saturated heterocycles. The van der Waals surface area contributed by atoms with Crippen LogP contribution in [0.25, 0.3) is 0 Å². The van der Waals surface area contributed by atoms with Gasteiger partial charge in [-0.25, -0.2) is 0 Å². The highest BCUT2D eigenvalue weighted by Gasteiger charge is 2.06. The van der Waals surface area contributed by atoms with Gasteiger partial charge in [0.25, 0.3) is 0 Å². The summed E-state index contributed by atoms with van der Waals surface area (Å²) in [6.07, 6.45) is 0. The van der Waals surface area contributed by atoms with Gasteiger partial charge in [0.15, 0.2) is 4.34 Å². The Morgan fingerprint density at radius 1 is 1.64 bits per heavy atom. The Kier molecular flexibility index (Phi) is 2.85. The van der Waals surface area contributed by atoms with Crippen LogP contribution in [-0.4, -0.2) is 15.4 Å². The minimum atomic E-state index is -0.0395. The van der Waals surface area contributed by atoms with Gasteiger partial charge in [-0.15, -0.1) is 10.2 Å². The summed E-state index contributed by atoms with van der Waals surface area (Å²) < 4.78 is 0.872. The van der Waals surface area contributed by atoms with E-state index >= 15 is 0 Å². The average Bonchev–Trinajstić information content (AvgIpc) is 2.35. The quantitative estimate of drug-likeness (QED) is 0.660. The summed E-state index contributed by atoms with van der Waals surface area (Å²) in [7, 11) is 0. The monoisotopic (exact) mass is 185 g/mol. The Balaban J connectivity index is 2.59. The summed E-state index contributed by atoms with van der Waals surface area (Å²) in [5.41, 5.74) is 0. The molecule has 1 aromatic rings. The molecule has 0 aliphatic heterocycles. The van der Waals surface area contributed by atoms with Crippen LogP contribution in [-0.2, 0) is 0 Å². The van der Waals surface area contributed by atoms with E-state index in [-0.39, 0.29) is 5.25 Å². The van der Waals surface area contributed by atoms with Crippen molar-refractivity contribution in [2.75, 3.05) is 0 Å². The number of hydrogen-bond acceptors (Lipinski definition) is 5. The maximum absolute atomic E-state index is 8.49. The van der Waals surface area contributed by atoms with Crippen LogP contribution in [0.3, 0.4) is 0 Å². The molecule has 0 fully saturated rings. The number of rotatable bonds is 2. The van der Waals surface area contributed by atoms with Crippen LogP contribution in [0.1, 0.15) is 11.9 Å². The van der Waals surface area contributed by atoms with E-state index in [9.17, 15) is 0 Å². The second kappa shape index (κ2) is 3.69. The Hall–Kier alpha value is -0.600. The van der Waals surface area contributed by atoms with Gasteiger partial charge in [-0.2, -0.15) is 5.26 Å². The maximum atomic E-state index is 8.49. The zero-order chi connectivity index (χ0) is 8.27. The molecule has 1 rings (SSSR count). The number of nitriles is 1. The van der Waals surface area contributed by atoms with Crippen molar-refractivity contribution in [3.63, 3.8) is 0 Å². The summed E-state index contributed by atoms with van der Waals surface area (Å²) in [5, 5.41) is 17.1. The molecule has 0 aliphatic rings. The molecule has 58 valence electrons. The van der Waals surface area contributed by atoms with Crippen molar-refractivity contribution in [1.29, 1.82) is 5.26 Å². The fourth-order valence-electron chi connectivity index (χ4n) is 0.504. The lowest BCUT2D eigenvalue weighted by molar-refractivity contribution is 0.982. The Morgan fingerprint density at radius 2 is 2.36 bits per heavy atom. The van der Waals surface area contributed by atoms with E-state index in [1.807, 2.05) is 13.8 Å². The molecule has 0 spiro atoms. The smallest absolute Gasteiger partial charge is 0.175 e. The van der Waals surface area contributed by atoms with Crippen molar-refractivity contribution < 1.29 is 0 Å². The molecule has 0 bridgehead atoms. The topological polar surface area (TPSA) is 49.6 Å². The zero-order valence-electron chi connectivity index (χ0n) is 6.24. The van der Waals surface area contributed by atoms with Crippen molar-refractivity contribution in [2.45, 2.75) is 23.4 Å². The van der Waals surface area contributed by atoms with Crippen LogP contribution < -0.4 is 0 Å². The number of aryl methyl sites for hydroxylation is 1. The first-order valence-corrected chi connectivity index (χ1v) is 4.78. The largest absolute Gasteiger partial charge is 0.197 e. The van der Waals surface area contributed by atoms with E-state index in [1.54, 1.807) is 0 Å². The summed E-state index contributed by atoms with van der Waals surface area (Å²) in [5.74, 6) is 0. The van der Waals surface area contributed by atoms with Crippen molar-refractivity contribution in [2.24, 2.45) is 0 Å². The van der Waals surface area contributed by atoms with Gasteiger partial charge in [-0.1, -0.05) is 23.1 Å². The molecule has 5 heteroatoms. The molecule has 1 atom stereocenters. The molecular formula is C6H7N3S2. The molecule has 1 aromatic heterocycles. The van der Waals surface area contributed by atoms with Crippen LogP contribution >= 0.6 is 23.1 Å². The van der Waals surface area contributed by atoms with Gasteiger partial charge in [0.1, 0.15) is 5.01 Å². The second-order valence-corrected chi connectivity index (χ2v) is 4.75. The summed E-state index contributed by atoms with van der Waals surface area (Å²) in [6, 6.07) is 2.12. The Morgan fingerprint density at radius 3 is 2.82 bits per heavy atom. The van der Waals surface area contributed by atoms with Gasteiger partial charge in [-0.05, 0) is 13.8 Å². The molecule has 0 saturated carbocycles. The van der Waals surface area contributed by atoms with E-state index in [1.165, 1.54) is 23.1 Å². The third-order valence-electron chi connectivity index (χ3n) is 0.967. The van der Waals surface area contributed by atoms with Crippen molar-refractivity contribution in [3.8, 4) is 6.07 Å². The summed E-state index contributed by atoms with van der Waals surface area (Å²) in [6.45, 7) is 3.75. The van der Waals surface area contributed by atoms with Crippen LogP contribution in [0.4, 0.5) is 0 Å². The van der Waals surface area contributed by atoms with Crippen molar-refractivity contribution >= 4 is 23.1 Å². The highest BCUT2D eigenvalue weighted by molar-refractivity contribution is 8.01.